The third-order valence-corrected chi connectivity index (χ3v) is 2.84. The van der Waals surface area contributed by atoms with Crippen molar-refractivity contribution in [1.82, 2.24) is 9.78 Å². The quantitative estimate of drug-likeness (QED) is 0.748. The number of nitrogens with zero attached hydrogens (tertiary/aromatic N) is 3. The van der Waals surface area contributed by atoms with Gasteiger partial charge in [-0.2, -0.15) is 5.10 Å². The van der Waals surface area contributed by atoms with Crippen LogP contribution in [0.4, 0.5) is 11.5 Å². The van der Waals surface area contributed by atoms with E-state index in [1.165, 1.54) is 12.8 Å². The number of aromatic nitrogens is 2. The third kappa shape index (κ3) is 1.79. The fraction of sp³-hybridized carbons (Fsp3) is 0.700. The van der Waals surface area contributed by atoms with Crippen molar-refractivity contribution in [3.05, 3.63) is 5.69 Å². The Bertz CT molecular complexity index is 357. The number of nitrogens with two attached hydrogens (primary N) is 1. The van der Waals surface area contributed by atoms with Gasteiger partial charge >= 0.3 is 0 Å². The summed E-state index contributed by atoms with van der Waals surface area (Å²) in [6.45, 7) is 2.69. The van der Waals surface area contributed by atoms with Crippen LogP contribution in [-0.4, -0.2) is 34.1 Å². The maximum Gasteiger partial charge on any atom is 0.150 e. The Hall–Kier alpha value is -1.23. The molecule has 1 aliphatic rings. The van der Waals surface area contributed by atoms with Gasteiger partial charge in [-0.15, -0.1) is 0 Å². The van der Waals surface area contributed by atoms with Crippen LogP contribution < -0.4 is 10.6 Å². The molecule has 0 bridgehead atoms. The highest BCUT2D eigenvalue weighted by molar-refractivity contribution is 5.67. The number of hydrogen-bond acceptors (Lipinski definition) is 4. The zero-order valence-corrected chi connectivity index (χ0v) is 9.27. The van der Waals surface area contributed by atoms with Crippen molar-refractivity contribution in [1.29, 1.82) is 0 Å². The van der Waals surface area contributed by atoms with Crippen LogP contribution >= 0.6 is 0 Å². The van der Waals surface area contributed by atoms with Gasteiger partial charge < -0.3 is 15.7 Å². The molecule has 1 aliphatic carbocycles. The van der Waals surface area contributed by atoms with E-state index in [9.17, 15) is 0 Å². The highest BCUT2D eigenvalue weighted by Gasteiger charge is 2.32. The van der Waals surface area contributed by atoms with Crippen LogP contribution in [0.2, 0.25) is 0 Å². The predicted molar refractivity (Wildman–Crippen MR) is 59.8 cm³/mol. The molecule has 84 valence electrons. The molecule has 0 aliphatic heterocycles. The summed E-state index contributed by atoms with van der Waals surface area (Å²) in [4.78, 5) is 2.16. The molecule has 1 heterocycles. The Kier molecular flexibility index (Phi) is 2.56. The van der Waals surface area contributed by atoms with Crippen LogP contribution in [0.25, 0.3) is 0 Å². The predicted octanol–water partition coefficient (Wildman–Crippen LogP) is 0.272. The molecular weight excluding hydrogens is 192 g/mol. The van der Waals surface area contributed by atoms with E-state index >= 15 is 0 Å². The summed E-state index contributed by atoms with van der Waals surface area (Å²) in [6.07, 6.45) is 2.37. The van der Waals surface area contributed by atoms with Crippen LogP contribution in [0.5, 0.6) is 0 Å². The van der Waals surface area contributed by atoms with Crippen molar-refractivity contribution in [3.8, 4) is 0 Å². The molecule has 1 saturated carbocycles. The smallest absolute Gasteiger partial charge is 0.150 e. The summed E-state index contributed by atoms with van der Waals surface area (Å²) in [5.41, 5.74) is 7.59. The van der Waals surface area contributed by atoms with Crippen molar-refractivity contribution in [2.75, 3.05) is 23.8 Å². The number of nitrogen functional groups attached to an aromatic ring is 1. The highest BCUT2D eigenvalue weighted by atomic mass is 16.3. The van der Waals surface area contributed by atoms with Gasteiger partial charge in [0.1, 0.15) is 0 Å². The molecule has 0 atom stereocenters. The van der Waals surface area contributed by atoms with E-state index in [1.54, 1.807) is 4.68 Å². The van der Waals surface area contributed by atoms with Gasteiger partial charge in [-0.3, -0.25) is 4.68 Å². The van der Waals surface area contributed by atoms with E-state index in [-0.39, 0.29) is 6.61 Å². The van der Waals surface area contributed by atoms with Crippen LogP contribution in [0.15, 0.2) is 0 Å². The molecule has 5 heteroatoms. The van der Waals surface area contributed by atoms with Crippen molar-refractivity contribution in [2.45, 2.75) is 25.8 Å². The van der Waals surface area contributed by atoms with Crippen molar-refractivity contribution in [2.24, 2.45) is 7.05 Å². The first-order chi connectivity index (χ1) is 7.15. The molecule has 2 rings (SSSR count). The minimum atomic E-state index is 0.153. The number of rotatable bonds is 4. The Morgan fingerprint density at radius 2 is 2.27 bits per heavy atom. The molecule has 0 unspecified atom stereocenters. The second kappa shape index (κ2) is 3.73. The number of aryl methyl sites for hydroxylation is 2. The van der Waals surface area contributed by atoms with Crippen molar-refractivity contribution in [3.63, 3.8) is 0 Å². The van der Waals surface area contributed by atoms with Crippen molar-refractivity contribution < 1.29 is 5.11 Å². The minimum Gasteiger partial charge on any atom is -0.395 e. The standard InChI is InChI=1S/C10H18N4O/c1-7-9(11)10(13(2)12-7)14(5-6-15)8-3-4-8/h8,15H,3-6,11H2,1-2H3. The second-order valence-electron chi connectivity index (χ2n) is 4.09. The lowest BCUT2D eigenvalue weighted by atomic mass is 10.3. The molecule has 0 aromatic carbocycles. The molecule has 0 amide bonds. The lowest BCUT2D eigenvalue weighted by Gasteiger charge is -2.23. The van der Waals surface area contributed by atoms with Gasteiger partial charge in [0.2, 0.25) is 0 Å². The first-order valence-electron chi connectivity index (χ1n) is 5.31. The molecule has 1 fully saturated rings. The van der Waals surface area contributed by atoms with E-state index in [2.05, 4.69) is 10.00 Å². The number of aliphatic hydroxyl groups is 1. The fourth-order valence-corrected chi connectivity index (χ4v) is 1.96. The summed E-state index contributed by atoms with van der Waals surface area (Å²) in [5, 5.41) is 13.3. The molecular formula is C10H18N4O. The van der Waals surface area contributed by atoms with E-state index in [1.807, 2.05) is 14.0 Å². The molecule has 0 saturated heterocycles. The molecule has 0 radical (unpaired) electrons. The fourth-order valence-electron chi connectivity index (χ4n) is 1.96. The Balaban J connectivity index is 2.31. The summed E-state index contributed by atoms with van der Waals surface area (Å²) in [5.74, 6) is 0.948. The topological polar surface area (TPSA) is 67.3 Å². The first-order valence-corrected chi connectivity index (χ1v) is 5.31. The molecule has 5 nitrogen and oxygen atoms in total. The van der Waals surface area contributed by atoms with Crippen LogP contribution in [0.1, 0.15) is 18.5 Å². The second-order valence-corrected chi connectivity index (χ2v) is 4.09. The van der Waals surface area contributed by atoms with Gasteiger partial charge in [0.15, 0.2) is 5.82 Å². The summed E-state index contributed by atoms with van der Waals surface area (Å²) in [6, 6.07) is 0.536. The van der Waals surface area contributed by atoms with Crippen molar-refractivity contribution >= 4 is 11.5 Å². The van der Waals surface area contributed by atoms with Crippen LogP contribution in [0, 0.1) is 6.92 Å². The average molecular weight is 210 g/mol. The maximum absolute atomic E-state index is 9.05. The van der Waals surface area contributed by atoms with Gasteiger partial charge in [0.25, 0.3) is 0 Å². The number of anilines is 2. The zero-order chi connectivity index (χ0) is 11.0. The van der Waals surface area contributed by atoms with Gasteiger partial charge in [-0.05, 0) is 19.8 Å². The Morgan fingerprint density at radius 3 is 2.67 bits per heavy atom. The number of aliphatic hydroxyl groups excluding tert-OH is 1. The molecule has 1 aromatic rings. The average Bonchev–Trinajstić information content (AvgIpc) is 2.96. The lowest BCUT2D eigenvalue weighted by molar-refractivity contribution is 0.300. The monoisotopic (exact) mass is 210 g/mol. The van der Waals surface area contributed by atoms with Gasteiger partial charge in [0.05, 0.1) is 18.0 Å². The SMILES string of the molecule is Cc1nn(C)c(N(CCO)C2CC2)c1N. The highest BCUT2D eigenvalue weighted by Crippen LogP contribution is 2.35. The first kappa shape index (κ1) is 10.3. The minimum absolute atomic E-state index is 0.153. The third-order valence-electron chi connectivity index (χ3n) is 2.84. The Labute approximate surface area is 89.5 Å². The van der Waals surface area contributed by atoms with Gasteiger partial charge in [-0.1, -0.05) is 0 Å². The van der Waals surface area contributed by atoms with E-state index in [0.29, 0.717) is 12.6 Å². The van der Waals surface area contributed by atoms with E-state index in [0.717, 1.165) is 17.2 Å². The zero-order valence-electron chi connectivity index (χ0n) is 9.27. The normalized spacial score (nSPS) is 15.7. The molecule has 1 aromatic heterocycles. The molecule has 15 heavy (non-hydrogen) atoms. The largest absolute Gasteiger partial charge is 0.395 e. The lowest BCUT2D eigenvalue weighted by Crippen LogP contribution is -2.31. The van der Waals surface area contributed by atoms with E-state index in [4.69, 9.17) is 10.8 Å². The summed E-state index contributed by atoms with van der Waals surface area (Å²) < 4.78 is 1.80. The van der Waals surface area contributed by atoms with Crippen LogP contribution in [0.3, 0.4) is 0 Å². The maximum atomic E-state index is 9.05. The summed E-state index contributed by atoms with van der Waals surface area (Å²) >= 11 is 0. The summed E-state index contributed by atoms with van der Waals surface area (Å²) in [7, 11) is 1.89. The molecule has 0 spiro atoms. The Morgan fingerprint density at radius 1 is 1.60 bits per heavy atom. The number of hydrogen-bond donors (Lipinski definition) is 2. The van der Waals surface area contributed by atoms with Crippen LogP contribution in [-0.2, 0) is 7.05 Å². The van der Waals surface area contributed by atoms with E-state index < -0.39 is 0 Å². The van der Waals surface area contributed by atoms with Gasteiger partial charge in [-0.25, -0.2) is 0 Å². The molecule has 3 N–H and O–H groups in total. The van der Waals surface area contributed by atoms with Gasteiger partial charge in [0, 0.05) is 19.6 Å².